The van der Waals surface area contributed by atoms with Gasteiger partial charge in [0.25, 0.3) is 0 Å². The quantitative estimate of drug-likeness (QED) is 0.870. The maximum absolute atomic E-state index is 11.1. The van der Waals surface area contributed by atoms with Crippen molar-refractivity contribution in [3.63, 3.8) is 0 Å². The van der Waals surface area contributed by atoms with Crippen LogP contribution in [0.2, 0.25) is 0 Å². The van der Waals surface area contributed by atoms with Gasteiger partial charge in [-0.1, -0.05) is 0 Å². The number of carbonyl (C=O) groups is 1. The first-order valence-corrected chi connectivity index (χ1v) is 7.49. The third-order valence-corrected chi connectivity index (χ3v) is 3.58. The van der Waals surface area contributed by atoms with E-state index in [-0.39, 0.29) is 11.3 Å². The number of aryl methyl sites for hydroxylation is 1. The van der Waals surface area contributed by atoms with E-state index in [9.17, 15) is 13.2 Å². The second kappa shape index (κ2) is 5.39. The summed E-state index contributed by atoms with van der Waals surface area (Å²) in [6.07, 6.45) is 1.20. The van der Waals surface area contributed by atoms with Crippen LogP contribution >= 0.6 is 0 Å². The van der Waals surface area contributed by atoms with Crippen molar-refractivity contribution >= 4 is 21.5 Å². The van der Waals surface area contributed by atoms with Crippen LogP contribution in [0.1, 0.15) is 15.9 Å². The summed E-state index contributed by atoms with van der Waals surface area (Å²) in [6, 6.07) is 4.79. The molecule has 0 spiro atoms. The number of aromatic carboxylic acids is 1. The Morgan fingerprint density at radius 1 is 1.39 bits per heavy atom. The van der Waals surface area contributed by atoms with E-state index in [2.05, 4.69) is 0 Å². The highest BCUT2D eigenvalue weighted by Crippen LogP contribution is 2.20. The minimum Gasteiger partial charge on any atom is -0.478 e. The van der Waals surface area contributed by atoms with E-state index in [1.54, 1.807) is 26.1 Å². The van der Waals surface area contributed by atoms with E-state index in [1.165, 1.54) is 12.3 Å². The average molecular weight is 271 g/mol. The first-order chi connectivity index (χ1) is 8.20. The first-order valence-electron chi connectivity index (χ1n) is 5.43. The molecule has 0 radical (unpaired) electrons. The number of hydrogen-bond donors (Lipinski definition) is 1. The average Bonchev–Trinajstić information content (AvgIpc) is 2.24. The molecule has 0 aliphatic heterocycles. The maximum atomic E-state index is 11.1. The summed E-state index contributed by atoms with van der Waals surface area (Å²) >= 11 is 0. The van der Waals surface area contributed by atoms with Gasteiger partial charge in [0.2, 0.25) is 0 Å². The highest BCUT2D eigenvalue weighted by Gasteiger charge is 2.10. The van der Waals surface area contributed by atoms with Crippen LogP contribution in [-0.2, 0) is 9.84 Å². The van der Waals surface area contributed by atoms with Crippen molar-refractivity contribution < 1.29 is 18.3 Å². The Labute approximate surface area is 107 Å². The molecule has 1 rings (SSSR count). The van der Waals surface area contributed by atoms with Crippen LogP contribution in [0.3, 0.4) is 0 Å². The number of carboxylic acid groups (broad SMARTS) is 1. The van der Waals surface area contributed by atoms with Crippen molar-refractivity contribution in [3.05, 3.63) is 29.3 Å². The molecular weight excluding hydrogens is 254 g/mol. The standard InChI is InChI=1S/C12H17NO4S/c1-9-8-10(12(14)15)4-5-11(9)13(2)6-7-18(3,16)17/h4-5,8H,6-7H2,1-3H3,(H,14,15). The number of benzene rings is 1. The lowest BCUT2D eigenvalue weighted by atomic mass is 10.1. The normalized spacial score (nSPS) is 11.3. The Bertz CT molecular complexity index is 551. The van der Waals surface area contributed by atoms with Gasteiger partial charge >= 0.3 is 5.97 Å². The predicted octanol–water partition coefficient (Wildman–Crippen LogP) is 1.17. The number of rotatable bonds is 5. The lowest BCUT2D eigenvalue weighted by Crippen LogP contribution is -2.25. The zero-order valence-corrected chi connectivity index (χ0v) is 11.5. The van der Waals surface area contributed by atoms with Crippen molar-refractivity contribution in [2.75, 3.05) is 30.5 Å². The monoisotopic (exact) mass is 271 g/mol. The van der Waals surface area contributed by atoms with Crippen molar-refractivity contribution in [1.29, 1.82) is 0 Å². The molecule has 0 unspecified atom stereocenters. The van der Waals surface area contributed by atoms with E-state index in [4.69, 9.17) is 5.11 Å². The molecule has 1 aromatic carbocycles. The second-order valence-corrected chi connectivity index (χ2v) is 6.62. The van der Waals surface area contributed by atoms with Gasteiger partial charge in [-0.3, -0.25) is 0 Å². The highest BCUT2D eigenvalue weighted by molar-refractivity contribution is 7.90. The third-order valence-electron chi connectivity index (χ3n) is 2.65. The van der Waals surface area contributed by atoms with Gasteiger partial charge in [-0.2, -0.15) is 0 Å². The molecule has 0 aromatic heterocycles. The Balaban J connectivity index is 2.87. The van der Waals surface area contributed by atoms with Gasteiger partial charge in [0.1, 0.15) is 9.84 Å². The van der Waals surface area contributed by atoms with E-state index in [0.717, 1.165) is 11.3 Å². The number of sulfone groups is 1. The third kappa shape index (κ3) is 4.03. The molecule has 6 heteroatoms. The Morgan fingerprint density at radius 2 is 2.00 bits per heavy atom. The van der Waals surface area contributed by atoms with Gasteiger partial charge in [0.05, 0.1) is 11.3 Å². The summed E-state index contributed by atoms with van der Waals surface area (Å²) in [7, 11) is -1.21. The van der Waals surface area contributed by atoms with Gasteiger partial charge in [0.15, 0.2) is 0 Å². The molecule has 0 atom stereocenters. The molecule has 0 heterocycles. The van der Waals surface area contributed by atoms with E-state index in [0.29, 0.717) is 6.54 Å². The number of anilines is 1. The number of hydrogen-bond acceptors (Lipinski definition) is 4. The van der Waals surface area contributed by atoms with E-state index in [1.807, 2.05) is 4.90 Å². The van der Waals surface area contributed by atoms with Crippen LogP contribution < -0.4 is 4.90 Å². The Morgan fingerprint density at radius 3 is 2.44 bits per heavy atom. The zero-order valence-electron chi connectivity index (χ0n) is 10.7. The fourth-order valence-electron chi connectivity index (χ4n) is 1.64. The fourth-order valence-corrected chi connectivity index (χ4v) is 2.25. The minimum atomic E-state index is -3.00. The number of carboxylic acids is 1. The molecule has 0 amide bonds. The molecule has 0 aliphatic carbocycles. The molecule has 0 bridgehead atoms. The molecular formula is C12H17NO4S. The smallest absolute Gasteiger partial charge is 0.335 e. The maximum Gasteiger partial charge on any atom is 0.335 e. The highest BCUT2D eigenvalue weighted by atomic mass is 32.2. The van der Waals surface area contributed by atoms with Crippen molar-refractivity contribution in [3.8, 4) is 0 Å². The molecule has 0 saturated heterocycles. The van der Waals surface area contributed by atoms with E-state index < -0.39 is 15.8 Å². The van der Waals surface area contributed by atoms with Gasteiger partial charge in [-0.25, -0.2) is 13.2 Å². The van der Waals surface area contributed by atoms with Crippen LogP contribution in [0.5, 0.6) is 0 Å². The van der Waals surface area contributed by atoms with Crippen LogP contribution in [0.15, 0.2) is 18.2 Å². The molecule has 18 heavy (non-hydrogen) atoms. The van der Waals surface area contributed by atoms with Gasteiger partial charge < -0.3 is 10.0 Å². The Hall–Kier alpha value is -1.56. The lowest BCUT2D eigenvalue weighted by Gasteiger charge is -2.21. The van der Waals surface area contributed by atoms with Crippen LogP contribution in [0, 0.1) is 6.92 Å². The molecule has 1 aromatic rings. The predicted molar refractivity (Wildman–Crippen MR) is 71.1 cm³/mol. The molecule has 1 N–H and O–H groups in total. The van der Waals surface area contributed by atoms with Gasteiger partial charge in [0, 0.05) is 25.5 Å². The summed E-state index contributed by atoms with van der Waals surface area (Å²) in [4.78, 5) is 12.6. The number of nitrogens with zero attached hydrogens (tertiary/aromatic N) is 1. The molecule has 5 nitrogen and oxygen atoms in total. The summed E-state index contributed by atoms with van der Waals surface area (Å²) in [5.41, 5.74) is 1.88. The molecule has 0 fully saturated rings. The van der Waals surface area contributed by atoms with Crippen LogP contribution in [-0.4, -0.2) is 45.1 Å². The van der Waals surface area contributed by atoms with E-state index >= 15 is 0 Å². The van der Waals surface area contributed by atoms with Gasteiger partial charge in [-0.15, -0.1) is 0 Å². The fraction of sp³-hybridized carbons (Fsp3) is 0.417. The minimum absolute atomic E-state index is 0.0730. The van der Waals surface area contributed by atoms with Crippen LogP contribution in [0.25, 0.3) is 0 Å². The van der Waals surface area contributed by atoms with Crippen molar-refractivity contribution in [2.24, 2.45) is 0 Å². The Kier molecular flexibility index (Phi) is 4.34. The summed E-state index contributed by atoms with van der Waals surface area (Å²) in [5, 5.41) is 8.86. The molecule has 100 valence electrons. The summed E-state index contributed by atoms with van der Waals surface area (Å²) in [6.45, 7) is 2.19. The summed E-state index contributed by atoms with van der Waals surface area (Å²) < 4.78 is 22.2. The molecule has 0 aliphatic rings. The molecule has 0 saturated carbocycles. The second-order valence-electron chi connectivity index (χ2n) is 4.36. The zero-order chi connectivity index (χ0) is 13.9. The van der Waals surface area contributed by atoms with Crippen LogP contribution in [0.4, 0.5) is 5.69 Å². The topological polar surface area (TPSA) is 74.7 Å². The lowest BCUT2D eigenvalue weighted by molar-refractivity contribution is 0.0697. The van der Waals surface area contributed by atoms with Crippen molar-refractivity contribution in [2.45, 2.75) is 6.92 Å². The SMILES string of the molecule is Cc1cc(C(=O)O)ccc1N(C)CCS(C)(=O)=O. The van der Waals surface area contributed by atoms with Gasteiger partial charge in [-0.05, 0) is 30.7 Å². The summed E-state index contributed by atoms with van der Waals surface area (Å²) in [5.74, 6) is -0.896. The van der Waals surface area contributed by atoms with Crippen molar-refractivity contribution in [1.82, 2.24) is 0 Å². The largest absolute Gasteiger partial charge is 0.478 e. The first kappa shape index (κ1) is 14.5.